The molecule has 1 aliphatic heterocycles. The van der Waals surface area contributed by atoms with Crippen LogP contribution in [0.15, 0.2) is 0 Å². The van der Waals surface area contributed by atoms with Crippen molar-refractivity contribution in [2.75, 3.05) is 45.9 Å². The van der Waals surface area contributed by atoms with Gasteiger partial charge in [-0.1, -0.05) is 27.7 Å². The van der Waals surface area contributed by atoms with Crippen molar-refractivity contribution in [1.29, 1.82) is 0 Å². The van der Waals surface area contributed by atoms with Crippen molar-refractivity contribution >= 4 is 0 Å². The van der Waals surface area contributed by atoms with Gasteiger partial charge in [0, 0.05) is 32.8 Å². The van der Waals surface area contributed by atoms with Gasteiger partial charge in [0.25, 0.3) is 0 Å². The summed E-state index contributed by atoms with van der Waals surface area (Å²) < 4.78 is 5.53. The zero-order valence-corrected chi connectivity index (χ0v) is 12.8. The third-order valence-electron chi connectivity index (χ3n) is 3.88. The molecule has 0 amide bonds. The molecule has 0 saturated carbocycles. The van der Waals surface area contributed by atoms with E-state index in [2.05, 4.69) is 37.9 Å². The van der Waals surface area contributed by atoms with E-state index in [-0.39, 0.29) is 0 Å². The van der Waals surface area contributed by atoms with Crippen LogP contribution in [-0.4, -0.2) is 50.8 Å². The molecule has 1 N–H and O–H groups in total. The van der Waals surface area contributed by atoms with Crippen molar-refractivity contribution in [2.24, 2.45) is 11.3 Å². The Balaban J connectivity index is 2.36. The first-order chi connectivity index (χ1) is 8.56. The lowest BCUT2D eigenvalue weighted by Crippen LogP contribution is -2.43. The summed E-state index contributed by atoms with van der Waals surface area (Å²) in [6.45, 7) is 16.8. The van der Waals surface area contributed by atoms with Crippen molar-refractivity contribution in [3.8, 4) is 0 Å². The molecule has 1 rings (SSSR count). The zero-order valence-electron chi connectivity index (χ0n) is 12.8. The fraction of sp³-hybridized carbons (Fsp3) is 1.00. The Labute approximate surface area is 113 Å². The fourth-order valence-electron chi connectivity index (χ4n) is 2.45. The molecule has 18 heavy (non-hydrogen) atoms. The molecule has 0 aromatic rings. The number of rotatable bonds is 7. The Morgan fingerprint density at radius 3 is 2.72 bits per heavy atom. The van der Waals surface area contributed by atoms with Gasteiger partial charge in [-0.2, -0.15) is 0 Å². The highest BCUT2D eigenvalue weighted by atomic mass is 16.5. The van der Waals surface area contributed by atoms with Crippen LogP contribution in [-0.2, 0) is 4.74 Å². The number of nitrogens with one attached hydrogen (secondary N) is 1. The van der Waals surface area contributed by atoms with E-state index in [0.717, 1.165) is 38.8 Å². The minimum atomic E-state index is 0.388. The van der Waals surface area contributed by atoms with Crippen LogP contribution in [0.3, 0.4) is 0 Å². The van der Waals surface area contributed by atoms with E-state index in [9.17, 15) is 0 Å². The summed E-state index contributed by atoms with van der Waals surface area (Å²) in [5, 5.41) is 3.62. The van der Waals surface area contributed by atoms with E-state index >= 15 is 0 Å². The van der Waals surface area contributed by atoms with Crippen molar-refractivity contribution < 1.29 is 4.74 Å². The lowest BCUT2D eigenvalue weighted by molar-refractivity contribution is 0.124. The van der Waals surface area contributed by atoms with Crippen LogP contribution in [0.5, 0.6) is 0 Å². The predicted molar refractivity (Wildman–Crippen MR) is 78.0 cm³/mol. The summed E-state index contributed by atoms with van der Waals surface area (Å²) in [6.07, 6.45) is 2.41. The molecule has 1 heterocycles. The number of nitrogens with zero attached hydrogens (tertiary/aromatic N) is 1. The molecule has 1 fully saturated rings. The second-order valence-corrected chi connectivity index (χ2v) is 6.43. The molecule has 0 spiro atoms. The third kappa shape index (κ3) is 6.17. The van der Waals surface area contributed by atoms with Gasteiger partial charge in [0.1, 0.15) is 0 Å². The summed E-state index contributed by atoms with van der Waals surface area (Å²) in [7, 11) is 0. The lowest BCUT2D eigenvalue weighted by atomic mass is 9.86. The maximum absolute atomic E-state index is 5.53. The normalized spacial score (nSPS) is 21.8. The van der Waals surface area contributed by atoms with Crippen LogP contribution in [0.1, 0.15) is 40.5 Å². The standard InChI is InChI=1S/C15H32N2O/c1-5-15(4,12-16-11-14(2)3)13-17-7-6-9-18-10-8-17/h14,16H,5-13H2,1-4H3. The van der Waals surface area contributed by atoms with Gasteiger partial charge in [0.15, 0.2) is 0 Å². The molecule has 0 aromatic carbocycles. The first-order valence-electron chi connectivity index (χ1n) is 7.56. The minimum Gasteiger partial charge on any atom is -0.380 e. The molecule has 0 aliphatic carbocycles. The average Bonchev–Trinajstić information content (AvgIpc) is 2.57. The Bertz CT molecular complexity index is 213. The van der Waals surface area contributed by atoms with Crippen LogP contribution in [0.25, 0.3) is 0 Å². The van der Waals surface area contributed by atoms with Gasteiger partial charge < -0.3 is 15.0 Å². The van der Waals surface area contributed by atoms with Crippen molar-refractivity contribution in [2.45, 2.75) is 40.5 Å². The Morgan fingerprint density at radius 1 is 1.28 bits per heavy atom. The quantitative estimate of drug-likeness (QED) is 0.757. The van der Waals surface area contributed by atoms with Gasteiger partial charge in [-0.25, -0.2) is 0 Å². The van der Waals surface area contributed by atoms with E-state index in [0.29, 0.717) is 5.41 Å². The van der Waals surface area contributed by atoms with Crippen LogP contribution in [0.4, 0.5) is 0 Å². The predicted octanol–water partition coefficient (Wildman–Crippen LogP) is 2.37. The van der Waals surface area contributed by atoms with Crippen LogP contribution in [0.2, 0.25) is 0 Å². The SMILES string of the molecule is CCC(C)(CNCC(C)C)CN1CCCOCC1. The number of ether oxygens (including phenoxy) is 1. The maximum atomic E-state index is 5.53. The zero-order chi connectivity index (χ0) is 13.4. The van der Waals surface area contributed by atoms with Gasteiger partial charge in [0.2, 0.25) is 0 Å². The Kier molecular flexibility index (Phi) is 7.20. The monoisotopic (exact) mass is 256 g/mol. The fourth-order valence-corrected chi connectivity index (χ4v) is 2.45. The van der Waals surface area contributed by atoms with Gasteiger partial charge in [-0.15, -0.1) is 0 Å². The topological polar surface area (TPSA) is 24.5 Å². The van der Waals surface area contributed by atoms with Gasteiger partial charge >= 0.3 is 0 Å². The molecule has 0 radical (unpaired) electrons. The van der Waals surface area contributed by atoms with E-state index in [4.69, 9.17) is 4.74 Å². The molecule has 1 aliphatic rings. The molecule has 1 saturated heterocycles. The summed E-state index contributed by atoms with van der Waals surface area (Å²) in [5.74, 6) is 0.734. The van der Waals surface area contributed by atoms with E-state index in [1.807, 2.05) is 0 Å². The summed E-state index contributed by atoms with van der Waals surface area (Å²) in [4.78, 5) is 2.58. The maximum Gasteiger partial charge on any atom is 0.0593 e. The largest absolute Gasteiger partial charge is 0.380 e. The molecule has 3 nitrogen and oxygen atoms in total. The second kappa shape index (κ2) is 8.13. The molecule has 108 valence electrons. The van der Waals surface area contributed by atoms with Crippen molar-refractivity contribution in [3.05, 3.63) is 0 Å². The Hall–Kier alpha value is -0.120. The summed E-state index contributed by atoms with van der Waals surface area (Å²) in [5.41, 5.74) is 0.388. The van der Waals surface area contributed by atoms with Crippen molar-refractivity contribution in [3.63, 3.8) is 0 Å². The third-order valence-corrected chi connectivity index (χ3v) is 3.88. The number of hydrogen-bond acceptors (Lipinski definition) is 3. The average molecular weight is 256 g/mol. The molecule has 3 heteroatoms. The highest BCUT2D eigenvalue weighted by molar-refractivity contribution is 4.80. The first kappa shape index (κ1) is 15.9. The molecule has 0 bridgehead atoms. The summed E-state index contributed by atoms with van der Waals surface area (Å²) in [6, 6.07) is 0. The van der Waals surface area contributed by atoms with Gasteiger partial charge in [-0.3, -0.25) is 0 Å². The lowest BCUT2D eigenvalue weighted by Gasteiger charge is -2.34. The van der Waals surface area contributed by atoms with Gasteiger partial charge in [0.05, 0.1) is 6.61 Å². The minimum absolute atomic E-state index is 0.388. The van der Waals surface area contributed by atoms with Gasteiger partial charge in [-0.05, 0) is 30.7 Å². The second-order valence-electron chi connectivity index (χ2n) is 6.43. The molecule has 1 unspecified atom stereocenters. The molecule has 0 aromatic heterocycles. The molecular formula is C15H32N2O. The first-order valence-corrected chi connectivity index (χ1v) is 7.56. The van der Waals surface area contributed by atoms with E-state index in [1.165, 1.54) is 25.9 Å². The van der Waals surface area contributed by atoms with Crippen LogP contribution >= 0.6 is 0 Å². The van der Waals surface area contributed by atoms with Crippen LogP contribution in [0, 0.1) is 11.3 Å². The van der Waals surface area contributed by atoms with Crippen LogP contribution < -0.4 is 5.32 Å². The Morgan fingerprint density at radius 2 is 2.06 bits per heavy atom. The van der Waals surface area contributed by atoms with E-state index < -0.39 is 0 Å². The molecule has 1 atom stereocenters. The summed E-state index contributed by atoms with van der Waals surface area (Å²) >= 11 is 0. The number of hydrogen-bond donors (Lipinski definition) is 1. The molecular weight excluding hydrogens is 224 g/mol. The highest BCUT2D eigenvalue weighted by Gasteiger charge is 2.25. The van der Waals surface area contributed by atoms with E-state index in [1.54, 1.807) is 0 Å². The highest BCUT2D eigenvalue weighted by Crippen LogP contribution is 2.22. The van der Waals surface area contributed by atoms with Crippen molar-refractivity contribution in [1.82, 2.24) is 10.2 Å². The smallest absolute Gasteiger partial charge is 0.0593 e.